The lowest BCUT2D eigenvalue weighted by molar-refractivity contribution is -0.131. The van der Waals surface area contributed by atoms with Crippen LogP contribution in [0.5, 0.6) is 0 Å². The predicted molar refractivity (Wildman–Crippen MR) is 72.9 cm³/mol. The van der Waals surface area contributed by atoms with E-state index >= 15 is 0 Å². The number of nitrogens with zero attached hydrogens (tertiary/aromatic N) is 2. The molecule has 1 aromatic heterocycles. The van der Waals surface area contributed by atoms with E-state index in [0.29, 0.717) is 5.02 Å². The maximum atomic E-state index is 10.6. The third kappa shape index (κ3) is 3.00. The Balaban J connectivity index is 2.50. The van der Waals surface area contributed by atoms with Gasteiger partial charge in [-0.3, -0.25) is 0 Å². The van der Waals surface area contributed by atoms with Gasteiger partial charge in [0.2, 0.25) is 0 Å². The van der Waals surface area contributed by atoms with Gasteiger partial charge < -0.3 is 5.11 Å². The standard InChI is InChI=1S/C12H8BrClN2O2/c13-9-3-1-8(2-4-12(17)18)11(5-9)16-7-10(14)6-15-16/h1-7H,(H,17,18)/b4-2+. The molecule has 0 saturated carbocycles. The SMILES string of the molecule is O=C(O)/C=C/c1ccc(Br)cc1-n1cc(Cl)cn1. The van der Waals surface area contributed by atoms with Crippen molar-refractivity contribution < 1.29 is 9.90 Å². The highest BCUT2D eigenvalue weighted by atomic mass is 79.9. The van der Waals surface area contributed by atoms with Gasteiger partial charge in [0.1, 0.15) is 0 Å². The molecule has 2 aromatic rings. The van der Waals surface area contributed by atoms with E-state index in [-0.39, 0.29) is 0 Å². The zero-order chi connectivity index (χ0) is 13.1. The topological polar surface area (TPSA) is 55.1 Å². The number of carboxylic acids is 1. The molecule has 0 unspecified atom stereocenters. The van der Waals surface area contributed by atoms with Gasteiger partial charge in [0.05, 0.1) is 16.9 Å². The van der Waals surface area contributed by atoms with Gasteiger partial charge in [0, 0.05) is 22.3 Å². The predicted octanol–water partition coefficient (Wildman–Crippen LogP) is 3.39. The van der Waals surface area contributed by atoms with Crippen LogP contribution in [0.15, 0.2) is 41.1 Å². The fourth-order valence-electron chi connectivity index (χ4n) is 1.45. The molecule has 6 heteroatoms. The van der Waals surface area contributed by atoms with Gasteiger partial charge in [-0.1, -0.05) is 33.6 Å². The monoisotopic (exact) mass is 326 g/mol. The van der Waals surface area contributed by atoms with Crippen LogP contribution in [0.3, 0.4) is 0 Å². The average Bonchev–Trinajstić information content (AvgIpc) is 2.74. The molecular formula is C12H8BrClN2O2. The van der Waals surface area contributed by atoms with Gasteiger partial charge in [0.25, 0.3) is 0 Å². The number of hydrogen-bond acceptors (Lipinski definition) is 2. The molecule has 1 aromatic carbocycles. The number of hydrogen-bond donors (Lipinski definition) is 1. The second-order valence-corrected chi connectivity index (χ2v) is 4.83. The van der Waals surface area contributed by atoms with E-state index in [1.807, 2.05) is 12.1 Å². The molecule has 0 fully saturated rings. The molecule has 0 saturated heterocycles. The van der Waals surface area contributed by atoms with Crippen LogP contribution in [0.4, 0.5) is 0 Å². The summed E-state index contributed by atoms with van der Waals surface area (Å²) in [4.78, 5) is 10.6. The lowest BCUT2D eigenvalue weighted by atomic mass is 10.1. The second-order valence-electron chi connectivity index (χ2n) is 3.48. The molecule has 18 heavy (non-hydrogen) atoms. The summed E-state index contributed by atoms with van der Waals surface area (Å²) in [5, 5.41) is 13.3. The smallest absolute Gasteiger partial charge is 0.328 e. The number of carboxylic acid groups (broad SMARTS) is 1. The van der Waals surface area contributed by atoms with Crippen LogP contribution in [0.25, 0.3) is 11.8 Å². The first kappa shape index (κ1) is 12.9. The van der Waals surface area contributed by atoms with Crippen LogP contribution in [-0.4, -0.2) is 20.9 Å². The van der Waals surface area contributed by atoms with Gasteiger partial charge in [-0.15, -0.1) is 0 Å². The molecular weight excluding hydrogens is 320 g/mol. The van der Waals surface area contributed by atoms with Crippen molar-refractivity contribution in [2.45, 2.75) is 0 Å². The van der Waals surface area contributed by atoms with Crippen molar-refractivity contribution in [2.24, 2.45) is 0 Å². The van der Waals surface area contributed by atoms with E-state index in [0.717, 1.165) is 21.8 Å². The molecule has 0 bridgehead atoms. The average molecular weight is 328 g/mol. The zero-order valence-corrected chi connectivity index (χ0v) is 11.4. The third-order valence-corrected chi connectivity index (χ3v) is 2.88. The largest absolute Gasteiger partial charge is 0.478 e. The number of carbonyl (C=O) groups is 1. The minimum Gasteiger partial charge on any atom is -0.478 e. The minimum absolute atomic E-state index is 0.517. The van der Waals surface area contributed by atoms with Crippen molar-refractivity contribution in [1.82, 2.24) is 9.78 Å². The molecule has 1 heterocycles. The summed E-state index contributed by atoms with van der Waals surface area (Å²) in [6.07, 6.45) is 5.77. The van der Waals surface area contributed by atoms with Gasteiger partial charge in [-0.25, -0.2) is 9.48 Å². The normalized spacial score (nSPS) is 11.0. The van der Waals surface area contributed by atoms with Crippen LogP contribution in [0, 0.1) is 0 Å². The summed E-state index contributed by atoms with van der Waals surface area (Å²) < 4.78 is 2.46. The van der Waals surface area contributed by atoms with Crippen LogP contribution in [-0.2, 0) is 4.79 Å². The highest BCUT2D eigenvalue weighted by Gasteiger charge is 2.05. The third-order valence-electron chi connectivity index (χ3n) is 2.20. The number of aromatic nitrogens is 2. The molecule has 1 N–H and O–H groups in total. The number of rotatable bonds is 3. The number of halogens is 2. The Morgan fingerprint density at radius 3 is 2.89 bits per heavy atom. The van der Waals surface area contributed by atoms with E-state index in [2.05, 4.69) is 21.0 Å². The lowest BCUT2D eigenvalue weighted by Crippen LogP contribution is -1.97. The van der Waals surface area contributed by atoms with Gasteiger partial charge in [0.15, 0.2) is 0 Å². The molecule has 0 atom stereocenters. The van der Waals surface area contributed by atoms with Crippen molar-refractivity contribution in [3.05, 3.63) is 51.7 Å². The van der Waals surface area contributed by atoms with Crippen LogP contribution < -0.4 is 0 Å². The van der Waals surface area contributed by atoms with Gasteiger partial charge >= 0.3 is 5.97 Å². The number of aliphatic carboxylic acids is 1. The zero-order valence-electron chi connectivity index (χ0n) is 9.05. The highest BCUT2D eigenvalue weighted by Crippen LogP contribution is 2.22. The first-order valence-corrected chi connectivity index (χ1v) is 6.14. The molecule has 4 nitrogen and oxygen atoms in total. The molecule has 2 rings (SSSR count). The molecule has 0 radical (unpaired) electrons. The highest BCUT2D eigenvalue weighted by molar-refractivity contribution is 9.10. The Kier molecular flexibility index (Phi) is 3.84. The summed E-state index contributed by atoms with van der Waals surface area (Å²) in [5.41, 5.74) is 1.48. The molecule has 0 aliphatic heterocycles. The minimum atomic E-state index is -0.998. The van der Waals surface area contributed by atoms with Crippen molar-refractivity contribution in [3.8, 4) is 5.69 Å². The van der Waals surface area contributed by atoms with E-state index in [1.54, 1.807) is 16.9 Å². The molecule has 0 aliphatic carbocycles. The van der Waals surface area contributed by atoms with Crippen molar-refractivity contribution >= 4 is 39.6 Å². The quantitative estimate of drug-likeness (QED) is 0.879. The van der Waals surface area contributed by atoms with Gasteiger partial charge in [-0.2, -0.15) is 5.10 Å². The maximum Gasteiger partial charge on any atom is 0.328 e. The van der Waals surface area contributed by atoms with Crippen molar-refractivity contribution in [2.75, 3.05) is 0 Å². The number of benzene rings is 1. The fraction of sp³-hybridized carbons (Fsp3) is 0. The van der Waals surface area contributed by atoms with Crippen molar-refractivity contribution in [1.29, 1.82) is 0 Å². The van der Waals surface area contributed by atoms with E-state index in [9.17, 15) is 4.79 Å². The second kappa shape index (κ2) is 5.37. The Hall–Kier alpha value is -1.59. The van der Waals surface area contributed by atoms with Gasteiger partial charge in [-0.05, 0) is 18.2 Å². The van der Waals surface area contributed by atoms with Crippen LogP contribution in [0.2, 0.25) is 5.02 Å². The molecule has 92 valence electrons. The van der Waals surface area contributed by atoms with E-state index < -0.39 is 5.97 Å². The first-order chi connectivity index (χ1) is 8.56. The summed E-state index contributed by atoms with van der Waals surface area (Å²) in [5.74, 6) is -0.998. The Morgan fingerprint density at radius 1 is 1.50 bits per heavy atom. The summed E-state index contributed by atoms with van der Waals surface area (Å²) in [6, 6.07) is 5.47. The molecule has 0 amide bonds. The van der Waals surface area contributed by atoms with Crippen molar-refractivity contribution in [3.63, 3.8) is 0 Å². The fourth-order valence-corrected chi connectivity index (χ4v) is 1.93. The first-order valence-electron chi connectivity index (χ1n) is 4.97. The summed E-state index contributed by atoms with van der Waals surface area (Å²) >= 11 is 9.19. The van der Waals surface area contributed by atoms with E-state index in [4.69, 9.17) is 16.7 Å². The summed E-state index contributed by atoms with van der Waals surface area (Å²) in [6.45, 7) is 0. The van der Waals surface area contributed by atoms with Crippen LogP contribution >= 0.6 is 27.5 Å². The Morgan fingerprint density at radius 2 is 2.28 bits per heavy atom. The van der Waals surface area contributed by atoms with E-state index in [1.165, 1.54) is 12.3 Å². The van der Waals surface area contributed by atoms with Crippen LogP contribution in [0.1, 0.15) is 5.56 Å². The summed E-state index contributed by atoms with van der Waals surface area (Å²) in [7, 11) is 0. The Labute approximate surface area is 117 Å². The molecule has 0 aliphatic rings. The maximum absolute atomic E-state index is 10.6. The Bertz CT molecular complexity index is 622. The lowest BCUT2D eigenvalue weighted by Gasteiger charge is -2.06. The molecule has 0 spiro atoms.